The number of halogens is 2. The number of hydrogen-bond donors (Lipinski definition) is 1. The summed E-state index contributed by atoms with van der Waals surface area (Å²) in [5.41, 5.74) is 0. The van der Waals surface area contributed by atoms with Crippen LogP contribution in [0.3, 0.4) is 0 Å². The highest BCUT2D eigenvalue weighted by atomic mass is 32.1. The molecule has 1 aromatic heterocycles. The minimum absolute atomic E-state index is 0.281. The lowest BCUT2D eigenvalue weighted by atomic mass is 10.5. The van der Waals surface area contributed by atoms with E-state index in [1.165, 1.54) is 0 Å². The van der Waals surface area contributed by atoms with Crippen LogP contribution in [0.5, 0.6) is 0 Å². The Morgan fingerprint density at radius 1 is 1.60 bits per heavy atom. The minimum Gasteiger partial charge on any atom is -0.477 e. The summed E-state index contributed by atoms with van der Waals surface area (Å²) in [6.07, 6.45) is 0. The van der Waals surface area contributed by atoms with Crippen LogP contribution in [-0.2, 0) is 0 Å². The standard InChI is InChI=1S/C5H2F2O2S/c6-2-1-3(5(8)9)10-4(2)7/h1H,(H,8,9). The van der Waals surface area contributed by atoms with Crippen molar-refractivity contribution < 1.29 is 18.7 Å². The molecule has 0 amide bonds. The van der Waals surface area contributed by atoms with E-state index in [1.54, 1.807) is 0 Å². The third-order valence-electron chi connectivity index (χ3n) is 0.856. The molecule has 0 saturated carbocycles. The molecule has 0 saturated heterocycles. The molecule has 5 heteroatoms. The predicted molar refractivity (Wildman–Crippen MR) is 31.2 cm³/mol. The van der Waals surface area contributed by atoms with Crippen molar-refractivity contribution in [2.45, 2.75) is 0 Å². The summed E-state index contributed by atoms with van der Waals surface area (Å²) in [4.78, 5) is 9.72. The molecule has 1 N–H and O–H groups in total. The fourth-order valence-corrected chi connectivity index (χ4v) is 1.05. The van der Waals surface area contributed by atoms with Gasteiger partial charge in [-0.2, -0.15) is 4.39 Å². The maximum atomic E-state index is 12.1. The van der Waals surface area contributed by atoms with Crippen LogP contribution < -0.4 is 0 Å². The van der Waals surface area contributed by atoms with Crippen molar-refractivity contribution in [2.24, 2.45) is 0 Å². The Morgan fingerprint density at radius 3 is 2.40 bits per heavy atom. The fourth-order valence-electron chi connectivity index (χ4n) is 0.452. The Hall–Kier alpha value is -0.970. The molecule has 0 unspecified atom stereocenters. The summed E-state index contributed by atoms with van der Waals surface area (Å²) in [5.74, 6) is -2.42. The number of rotatable bonds is 1. The van der Waals surface area contributed by atoms with E-state index in [1.807, 2.05) is 0 Å². The number of thiophene rings is 1. The molecule has 54 valence electrons. The Kier molecular flexibility index (Phi) is 1.67. The third kappa shape index (κ3) is 1.13. The van der Waals surface area contributed by atoms with Crippen molar-refractivity contribution in [3.8, 4) is 0 Å². The molecular weight excluding hydrogens is 162 g/mol. The summed E-state index contributed by atoms with van der Waals surface area (Å²) in [7, 11) is 0. The van der Waals surface area contributed by atoms with Gasteiger partial charge in [-0.05, 0) is 0 Å². The van der Waals surface area contributed by atoms with Crippen LogP contribution in [0.2, 0.25) is 0 Å². The molecular formula is C5H2F2O2S. The zero-order chi connectivity index (χ0) is 7.72. The fraction of sp³-hybridized carbons (Fsp3) is 0. The zero-order valence-electron chi connectivity index (χ0n) is 4.60. The summed E-state index contributed by atoms with van der Waals surface area (Å²) in [5, 5.41) is 7.11. The van der Waals surface area contributed by atoms with Gasteiger partial charge >= 0.3 is 5.97 Å². The third-order valence-corrected chi connectivity index (χ3v) is 1.74. The Labute approximate surface area is 58.7 Å². The van der Waals surface area contributed by atoms with Crippen LogP contribution in [0.15, 0.2) is 6.07 Å². The maximum absolute atomic E-state index is 12.1. The number of hydrogen-bond acceptors (Lipinski definition) is 2. The second kappa shape index (κ2) is 2.34. The van der Waals surface area contributed by atoms with Crippen LogP contribution in [0.4, 0.5) is 8.78 Å². The molecule has 0 spiro atoms. The lowest BCUT2D eigenvalue weighted by Gasteiger charge is -1.78. The van der Waals surface area contributed by atoms with Crippen LogP contribution in [0.25, 0.3) is 0 Å². The van der Waals surface area contributed by atoms with Gasteiger partial charge in [0.25, 0.3) is 0 Å². The smallest absolute Gasteiger partial charge is 0.346 e. The van der Waals surface area contributed by atoms with Crippen LogP contribution in [-0.4, -0.2) is 11.1 Å². The van der Waals surface area contributed by atoms with E-state index in [0.717, 1.165) is 0 Å². The zero-order valence-corrected chi connectivity index (χ0v) is 5.41. The number of carbonyl (C=O) groups is 1. The van der Waals surface area contributed by atoms with Gasteiger partial charge in [-0.15, -0.1) is 0 Å². The van der Waals surface area contributed by atoms with Crippen LogP contribution >= 0.6 is 11.3 Å². The second-order valence-corrected chi connectivity index (χ2v) is 2.54. The van der Waals surface area contributed by atoms with E-state index in [4.69, 9.17) is 5.11 Å². The van der Waals surface area contributed by atoms with Gasteiger partial charge in [-0.1, -0.05) is 11.3 Å². The second-order valence-electron chi connectivity index (χ2n) is 1.54. The predicted octanol–water partition coefficient (Wildman–Crippen LogP) is 1.72. The Morgan fingerprint density at radius 2 is 2.20 bits per heavy atom. The van der Waals surface area contributed by atoms with Crippen molar-refractivity contribution in [3.63, 3.8) is 0 Å². The first-order valence-electron chi connectivity index (χ1n) is 2.29. The van der Waals surface area contributed by atoms with E-state index >= 15 is 0 Å². The molecule has 10 heavy (non-hydrogen) atoms. The maximum Gasteiger partial charge on any atom is 0.346 e. The number of carboxylic acid groups (broad SMARTS) is 1. The first kappa shape index (κ1) is 7.14. The topological polar surface area (TPSA) is 37.3 Å². The summed E-state index contributed by atoms with van der Waals surface area (Å²) >= 11 is 0.281. The SMILES string of the molecule is O=C(O)c1cc(F)c(F)s1. The van der Waals surface area contributed by atoms with Crippen molar-refractivity contribution in [1.29, 1.82) is 0 Å². The van der Waals surface area contributed by atoms with Gasteiger partial charge in [-0.25, -0.2) is 9.18 Å². The highest BCUT2D eigenvalue weighted by molar-refractivity contribution is 7.12. The Balaban J connectivity index is 3.10. The average molecular weight is 164 g/mol. The number of carboxylic acids is 1. The van der Waals surface area contributed by atoms with Crippen molar-refractivity contribution in [3.05, 3.63) is 21.9 Å². The van der Waals surface area contributed by atoms with Gasteiger partial charge in [0.15, 0.2) is 5.82 Å². The quantitative estimate of drug-likeness (QED) is 0.686. The molecule has 0 bridgehead atoms. The molecule has 1 heterocycles. The first-order chi connectivity index (χ1) is 4.61. The molecule has 0 aliphatic carbocycles. The summed E-state index contributed by atoms with van der Waals surface area (Å²) in [6, 6.07) is 0.655. The molecule has 0 aliphatic rings. The molecule has 2 nitrogen and oxygen atoms in total. The van der Waals surface area contributed by atoms with Gasteiger partial charge < -0.3 is 5.11 Å². The van der Waals surface area contributed by atoms with Crippen molar-refractivity contribution in [1.82, 2.24) is 0 Å². The molecule has 0 radical (unpaired) electrons. The van der Waals surface area contributed by atoms with Crippen molar-refractivity contribution in [2.75, 3.05) is 0 Å². The van der Waals surface area contributed by atoms with Crippen molar-refractivity contribution >= 4 is 17.3 Å². The molecule has 0 fully saturated rings. The largest absolute Gasteiger partial charge is 0.477 e. The van der Waals surface area contributed by atoms with Gasteiger partial charge in [-0.3, -0.25) is 0 Å². The summed E-state index contributed by atoms with van der Waals surface area (Å²) < 4.78 is 24.2. The number of aromatic carboxylic acids is 1. The van der Waals surface area contributed by atoms with Gasteiger partial charge in [0.2, 0.25) is 5.13 Å². The van der Waals surface area contributed by atoms with E-state index < -0.39 is 16.9 Å². The molecule has 0 aliphatic heterocycles. The normalized spacial score (nSPS) is 9.80. The first-order valence-corrected chi connectivity index (χ1v) is 3.11. The van der Waals surface area contributed by atoms with E-state index in [-0.39, 0.29) is 16.2 Å². The highest BCUT2D eigenvalue weighted by Gasteiger charge is 2.12. The van der Waals surface area contributed by atoms with Crippen LogP contribution in [0, 0.1) is 10.9 Å². The van der Waals surface area contributed by atoms with E-state index in [2.05, 4.69) is 0 Å². The molecule has 0 aromatic carbocycles. The van der Waals surface area contributed by atoms with Gasteiger partial charge in [0.1, 0.15) is 4.88 Å². The molecule has 1 rings (SSSR count). The van der Waals surface area contributed by atoms with E-state index in [9.17, 15) is 13.6 Å². The Bertz CT molecular complexity index is 249. The highest BCUT2D eigenvalue weighted by Crippen LogP contribution is 2.18. The molecule has 1 aromatic rings. The monoisotopic (exact) mass is 164 g/mol. The lowest BCUT2D eigenvalue weighted by molar-refractivity contribution is 0.0702. The molecule has 0 atom stereocenters. The van der Waals surface area contributed by atoms with Crippen LogP contribution in [0.1, 0.15) is 9.67 Å². The summed E-state index contributed by atoms with van der Waals surface area (Å²) in [6.45, 7) is 0. The average Bonchev–Trinajstić information content (AvgIpc) is 2.13. The minimum atomic E-state index is -1.31. The lowest BCUT2D eigenvalue weighted by Crippen LogP contribution is -1.89. The van der Waals surface area contributed by atoms with Gasteiger partial charge in [0.05, 0.1) is 0 Å². The van der Waals surface area contributed by atoms with Gasteiger partial charge in [0, 0.05) is 6.07 Å². The van der Waals surface area contributed by atoms with E-state index in [0.29, 0.717) is 6.07 Å².